The van der Waals surface area contributed by atoms with Crippen LogP contribution >= 0.6 is 22.9 Å². The molecule has 1 N–H and O–H groups in total. The number of thiophene rings is 1. The Morgan fingerprint density at radius 2 is 1.88 bits per heavy atom. The first-order valence-corrected chi connectivity index (χ1v) is 8.75. The molecule has 2 heterocycles. The van der Waals surface area contributed by atoms with E-state index in [-0.39, 0.29) is 5.78 Å². The number of aromatic nitrogens is 1. The third kappa shape index (κ3) is 3.62. The summed E-state index contributed by atoms with van der Waals surface area (Å²) in [5.41, 5.74) is 1.78. The van der Waals surface area contributed by atoms with Gasteiger partial charge in [-0.05, 0) is 48.4 Å². The predicted octanol–water partition coefficient (Wildman–Crippen LogP) is 4.88. The first-order valence-electron chi connectivity index (χ1n) is 7.55. The number of carboxylic acid groups (broad SMARTS) is 1. The second-order valence-electron chi connectivity index (χ2n) is 5.51. The summed E-state index contributed by atoms with van der Waals surface area (Å²) in [4.78, 5) is 29.4. The molecule has 0 saturated heterocycles. The van der Waals surface area contributed by atoms with Crippen molar-refractivity contribution >= 4 is 34.7 Å². The first kappa shape index (κ1) is 17.3. The number of hydrogen-bond donors (Lipinski definition) is 1. The highest BCUT2D eigenvalue weighted by molar-refractivity contribution is 7.17. The van der Waals surface area contributed by atoms with Gasteiger partial charge in [0.15, 0.2) is 0 Å². The molecule has 0 aliphatic heterocycles. The highest BCUT2D eigenvalue weighted by Gasteiger charge is 2.24. The largest absolute Gasteiger partial charge is 0.481 e. The molecule has 1 unspecified atom stereocenters. The summed E-state index contributed by atoms with van der Waals surface area (Å²) < 4.78 is 0. The fourth-order valence-electron chi connectivity index (χ4n) is 2.42. The van der Waals surface area contributed by atoms with Crippen LogP contribution in [0, 0.1) is 0 Å². The van der Waals surface area contributed by atoms with Crippen molar-refractivity contribution in [1.29, 1.82) is 0 Å². The van der Waals surface area contributed by atoms with Gasteiger partial charge in [0.25, 0.3) is 0 Å². The average molecular weight is 372 g/mol. The van der Waals surface area contributed by atoms with E-state index in [1.165, 1.54) is 11.3 Å². The number of rotatable bonds is 5. The highest BCUT2D eigenvalue weighted by atomic mass is 35.5. The summed E-state index contributed by atoms with van der Waals surface area (Å²) in [7, 11) is 0. The van der Waals surface area contributed by atoms with Gasteiger partial charge in [0.05, 0.1) is 10.8 Å². The second-order valence-corrected chi connectivity index (χ2v) is 6.99. The van der Waals surface area contributed by atoms with Crippen LogP contribution in [0.3, 0.4) is 0 Å². The Balaban J connectivity index is 2.10. The normalized spacial score (nSPS) is 11.9. The molecular weight excluding hydrogens is 358 g/mol. The van der Waals surface area contributed by atoms with Crippen molar-refractivity contribution in [3.05, 3.63) is 75.9 Å². The second kappa shape index (κ2) is 7.17. The van der Waals surface area contributed by atoms with E-state index in [9.17, 15) is 14.7 Å². The summed E-state index contributed by atoms with van der Waals surface area (Å²) >= 11 is 7.21. The Kier molecular flexibility index (Phi) is 4.97. The number of pyridine rings is 1. The van der Waals surface area contributed by atoms with Gasteiger partial charge in [-0.1, -0.05) is 29.8 Å². The van der Waals surface area contributed by atoms with E-state index < -0.39 is 11.9 Å². The molecule has 0 aliphatic rings. The van der Waals surface area contributed by atoms with Crippen LogP contribution < -0.4 is 0 Å². The van der Waals surface area contributed by atoms with Gasteiger partial charge in [0.1, 0.15) is 5.69 Å². The maximum absolute atomic E-state index is 12.7. The Morgan fingerprint density at radius 1 is 1.16 bits per heavy atom. The van der Waals surface area contributed by atoms with Gasteiger partial charge in [-0.2, -0.15) is 0 Å². The summed E-state index contributed by atoms with van der Waals surface area (Å²) in [6.07, 6.45) is 1.56. The van der Waals surface area contributed by atoms with Crippen LogP contribution in [0.25, 0.3) is 10.4 Å². The number of carbonyl (C=O) groups excluding carboxylic acids is 1. The van der Waals surface area contributed by atoms with Crippen molar-refractivity contribution in [3.63, 3.8) is 0 Å². The van der Waals surface area contributed by atoms with E-state index >= 15 is 0 Å². The zero-order valence-electron chi connectivity index (χ0n) is 13.3. The minimum absolute atomic E-state index is 0.218. The SMILES string of the molecule is CC(C(=O)O)c1cc(C(=O)c2ccccn2)sc1-c1ccc(Cl)cc1. The smallest absolute Gasteiger partial charge is 0.310 e. The van der Waals surface area contributed by atoms with E-state index in [2.05, 4.69) is 4.98 Å². The van der Waals surface area contributed by atoms with Crippen LogP contribution in [0.15, 0.2) is 54.7 Å². The van der Waals surface area contributed by atoms with Crippen LogP contribution in [0.1, 0.15) is 33.8 Å². The van der Waals surface area contributed by atoms with E-state index in [0.717, 1.165) is 10.4 Å². The Hall–Kier alpha value is -2.50. The van der Waals surface area contributed by atoms with E-state index in [0.29, 0.717) is 21.2 Å². The van der Waals surface area contributed by atoms with Gasteiger partial charge in [-0.25, -0.2) is 0 Å². The molecule has 0 radical (unpaired) electrons. The van der Waals surface area contributed by atoms with Crippen LogP contribution in [-0.2, 0) is 4.79 Å². The summed E-state index contributed by atoms with van der Waals surface area (Å²) in [6, 6.07) is 13.9. The molecule has 0 saturated carbocycles. The lowest BCUT2D eigenvalue weighted by atomic mass is 9.98. The molecule has 6 heteroatoms. The molecule has 0 bridgehead atoms. The number of benzene rings is 1. The molecule has 2 aromatic heterocycles. The van der Waals surface area contributed by atoms with Gasteiger partial charge in [0, 0.05) is 16.1 Å². The molecule has 0 aliphatic carbocycles. The van der Waals surface area contributed by atoms with Crippen LogP contribution in [-0.4, -0.2) is 21.8 Å². The molecular formula is C19H14ClNO3S. The first-order chi connectivity index (χ1) is 12.0. The third-order valence-corrected chi connectivity index (χ3v) is 5.28. The summed E-state index contributed by atoms with van der Waals surface area (Å²) in [5.74, 6) is -1.89. The van der Waals surface area contributed by atoms with Crippen LogP contribution in [0.2, 0.25) is 5.02 Å². The summed E-state index contributed by atoms with van der Waals surface area (Å²) in [5, 5.41) is 10.00. The lowest BCUT2D eigenvalue weighted by molar-refractivity contribution is -0.138. The molecule has 25 heavy (non-hydrogen) atoms. The third-order valence-electron chi connectivity index (χ3n) is 3.83. The predicted molar refractivity (Wildman–Crippen MR) is 98.5 cm³/mol. The maximum Gasteiger partial charge on any atom is 0.310 e. The lowest BCUT2D eigenvalue weighted by Crippen LogP contribution is -2.07. The number of halogens is 1. The number of hydrogen-bond acceptors (Lipinski definition) is 4. The van der Waals surface area contributed by atoms with Gasteiger partial charge >= 0.3 is 5.97 Å². The molecule has 0 spiro atoms. The van der Waals surface area contributed by atoms with E-state index in [4.69, 9.17) is 11.6 Å². The fourth-order valence-corrected chi connectivity index (χ4v) is 3.76. The maximum atomic E-state index is 12.7. The zero-order valence-corrected chi connectivity index (χ0v) is 14.8. The van der Waals surface area contributed by atoms with Crippen molar-refractivity contribution in [2.75, 3.05) is 0 Å². The topological polar surface area (TPSA) is 67.3 Å². The highest BCUT2D eigenvalue weighted by Crippen LogP contribution is 2.38. The fraction of sp³-hybridized carbons (Fsp3) is 0.105. The van der Waals surface area contributed by atoms with Gasteiger partial charge < -0.3 is 5.11 Å². The molecule has 0 fully saturated rings. The average Bonchev–Trinajstić information content (AvgIpc) is 3.07. The standard InChI is InChI=1S/C19H14ClNO3S/c1-11(19(23)24)14-10-16(17(22)15-4-2-3-9-21-15)25-18(14)12-5-7-13(20)8-6-12/h2-11H,1H3,(H,23,24). The number of ketones is 1. The van der Waals surface area contributed by atoms with Crippen molar-refractivity contribution < 1.29 is 14.7 Å². The number of carboxylic acids is 1. The molecule has 4 nitrogen and oxygen atoms in total. The van der Waals surface area contributed by atoms with Gasteiger partial charge in [0.2, 0.25) is 5.78 Å². The Bertz CT molecular complexity index is 920. The molecule has 1 aromatic carbocycles. The lowest BCUT2D eigenvalue weighted by Gasteiger charge is -2.08. The van der Waals surface area contributed by atoms with E-state index in [1.807, 2.05) is 12.1 Å². The van der Waals surface area contributed by atoms with Crippen molar-refractivity contribution in [3.8, 4) is 10.4 Å². The number of carbonyl (C=O) groups is 2. The van der Waals surface area contributed by atoms with Gasteiger partial charge in [-0.3, -0.25) is 14.6 Å². The molecule has 126 valence electrons. The minimum atomic E-state index is -0.940. The summed E-state index contributed by atoms with van der Waals surface area (Å²) in [6.45, 7) is 1.61. The van der Waals surface area contributed by atoms with Crippen molar-refractivity contribution in [1.82, 2.24) is 4.98 Å². The van der Waals surface area contributed by atoms with Gasteiger partial charge in [-0.15, -0.1) is 11.3 Å². The van der Waals surface area contributed by atoms with Crippen molar-refractivity contribution in [2.45, 2.75) is 12.8 Å². The van der Waals surface area contributed by atoms with Crippen molar-refractivity contribution in [2.24, 2.45) is 0 Å². The molecule has 0 amide bonds. The Morgan fingerprint density at radius 3 is 2.48 bits per heavy atom. The zero-order chi connectivity index (χ0) is 18.0. The minimum Gasteiger partial charge on any atom is -0.481 e. The molecule has 1 atom stereocenters. The van der Waals surface area contributed by atoms with E-state index in [1.54, 1.807) is 49.5 Å². The number of nitrogens with zero attached hydrogens (tertiary/aromatic N) is 1. The Labute approximate surface area is 153 Å². The molecule has 3 aromatic rings. The van der Waals surface area contributed by atoms with Crippen LogP contribution in [0.5, 0.6) is 0 Å². The monoisotopic (exact) mass is 371 g/mol. The number of aliphatic carboxylic acids is 1. The molecule has 3 rings (SSSR count). The quantitative estimate of drug-likeness (QED) is 0.649. The van der Waals surface area contributed by atoms with Crippen LogP contribution in [0.4, 0.5) is 0 Å².